The molecule has 0 aliphatic rings. The summed E-state index contributed by atoms with van der Waals surface area (Å²) in [4.78, 5) is 0. The standard InChI is InChI=1S/C13H19NOS/c1-10-7-6-8-11(2)12(10)9-14-16(15)13(3,4)5/h6-9H,1-5H3/b14-9+. The van der Waals surface area contributed by atoms with Crippen molar-refractivity contribution in [3.05, 3.63) is 34.9 Å². The van der Waals surface area contributed by atoms with Crippen molar-refractivity contribution >= 4 is 17.2 Å². The van der Waals surface area contributed by atoms with Gasteiger partial charge in [-0.3, -0.25) is 0 Å². The lowest BCUT2D eigenvalue weighted by Crippen LogP contribution is -2.19. The zero-order valence-corrected chi connectivity index (χ0v) is 11.4. The lowest BCUT2D eigenvalue weighted by atomic mass is 10.0. The quantitative estimate of drug-likeness (QED) is 0.726. The molecule has 16 heavy (non-hydrogen) atoms. The first-order valence-corrected chi connectivity index (χ1v) is 6.45. The second kappa shape index (κ2) is 4.91. The van der Waals surface area contributed by atoms with Gasteiger partial charge in [-0.1, -0.05) is 18.2 Å². The van der Waals surface area contributed by atoms with Crippen LogP contribution in [0.15, 0.2) is 22.6 Å². The van der Waals surface area contributed by atoms with E-state index in [1.54, 1.807) is 6.21 Å². The second-order valence-corrected chi connectivity index (χ2v) is 6.84. The average molecular weight is 237 g/mol. The smallest absolute Gasteiger partial charge is 0.144 e. The number of hydrogen-bond donors (Lipinski definition) is 0. The fourth-order valence-corrected chi connectivity index (χ4v) is 1.81. The van der Waals surface area contributed by atoms with Gasteiger partial charge in [0.15, 0.2) is 0 Å². The molecule has 0 N–H and O–H groups in total. The van der Waals surface area contributed by atoms with Crippen LogP contribution in [0.25, 0.3) is 0 Å². The maximum Gasteiger partial charge on any atom is 0.144 e. The van der Waals surface area contributed by atoms with E-state index in [1.807, 2.05) is 52.8 Å². The maximum absolute atomic E-state index is 11.8. The third-order valence-electron chi connectivity index (χ3n) is 2.34. The van der Waals surface area contributed by atoms with Crippen molar-refractivity contribution in [2.45, 2.75) is 39.4 Å². The van der Waals surface area contributed by atoms with Gasteiger partial charge in [-0.05, 0) is 51.3 Å². The lowest BCUT2D eigenvalue weighted by molar-refractivity contribution is 0.651. The molecule has 1 aromatic carbocycles. The zero-order valence-electron chi connectivity index (χ0n) is 10.6. The van der Waals surface area contributed by atoms with Gasteiger partial charge >= 0.3 is 0 Å². The number of benzene rings is 1. The number of hydrogen-bond acceptors (Lipinski definition) is 1. The molecular weight excluding hydrogens is 218 g/mol. The Balaban J connectivity index is 2.98. The molecular formula is C13H19NOS. The highest BCUT2D eigenvalue weighted by molar-refractivity contribution is 7.85. The van der Waals surface area contributed by atoms with Crippen LogP contribution in [-0.2, 0) is 11.0 Å². The molecule has 1 aromatic rings. The minimum atomic E-state index is -1.18. The van der Waals surface area contributed by atoms with Crippen LogP contribution < -0.4 is 0 Å². The number of nitrogens with zero attached hydrogens (tertiary/aromatic N) is 1. The van der Waals surface area contributed by atoms with E-state index in [4.69, 9.17) is 0 Å². The summed E-state index contributed by atoms with van der Waals surface area (Å²) in [5.41, 5.74) is 3.39. The fraction of sp³-hybridized carbons (Fsp3) is 0.462. The van der Waals surface area contributed by atoms with Crippen LogP contribution in [0.5, 0.6) is 0 Å². The Kier molecular flexibility index (Phi) is 4.03. The van der Waals surface area contributed by atoms with E-state index >= 15 is 0 Å². The molecule has 1 unspecified atom stereocenters. The van der Waals surface area contributed by atoms with E-state index in [0.29, 0.717) is 0 Å². The summed E-state index contributed by atoms with van der Waals surface area (Å²) in [6.07, 6.45) is 1.73. The van der Waals surface area contributed by atoms with Gasteiger partial charge in [-0.2, -0.15) is 4.40 Å². The Labute approximate surface area is 100 Å². The van der Waals surface area contributed by atoms with Crippen LogP contribution in [0, 0.1) is 13.8 Å². The zero-order chi connectivity index (χ0) is 12.3. The molecule has 0 aliphatic carbocycles. The van der Waals surface area contributed by atoms with Crippen LogP contribution >= 0.6 is 0 Å². The van der Waals surface area contributed by atoms with Gasteiger partial charge in [0.2, 0.25) is 0 Å². The van der Waals surface area contributed by atoms with Crippen LogP contribution in [0.2, 0.25) is 0 Å². The molecule has 1 atom stereocenters. The van der Waals surface area contributed by atoms with Gasteiger partial charge in [0, 0.05) is 6.21 Å². The first-order valence-electron chi connectivity index (χ1n) is 5.34. The lowest BCUT2D eigenvalue weighted by Gasteiger charge is -2.13. The van der Waals surface area contributed by atoms with Gasteiger partial charge < -0.3 is 0 Å². The van der Waals surface area contributed by atoms with E-state index in [-0.39, 0.29) is 4.75 Å². The molecule has 2 nitrogen and oxygen atoms in total. The van der Waals surface area contributed by atoms with Crippen LogP contribution in [0.4, 0.5) is 0 Å². The summed E-state index contributed by atoms with van der Waals surface area (Å²) >= 11 is 0. The summed E-state index contributed by atoms with van der Waals surface area (Å²) in [5.74, 6) is 0. The van der Waals surface area contributed by atoms with Crippen molar-refractivity contribution in [3.8, 4) is 0 Å². The third-order valence-corrected chi connectivity index (χ3v) is 3.69. The SMILES string of the molecule is Cc1cccc(C)c1/C=N/S(=O)C(C)(C)C. The molecule has 3 heteroatoms. The van der Waals surface area contributed by atoms with E-state index in [2.05, 4.69) is 4.40 Å². The monoisotopic (exact) mass is 237 g/mol. The van der Waals surface area contributed by atoms with Gasteiger partial charge in [0.25, 0.3) is 0 Å². The molecule has 1 rings (SSSR count). The first kappa shape index (κ1) is 13.1. The molecule has 0 bridgehead atoms. The molecule has 88 valence electrons. The largest absolute Gasteiger partial charge is 0.234 e. The molecule has 0 radical (unpaired) electrons. The summed E-state index contributed by atoms with van der Waals surface area (Å²) in [6, 6.07) is 6.09. The molecule has 0 aliphatic heterocycles. The Hall–Kier alpha value is -0.960. The second-order valence-electron chi connectivity index (χ2n) is 4.90. The van der Waals surface area contributed by atoms with Crippen LogP contribution in [0.3, 0.4) is 0 Å². The number of aryl methyl sites for hydroxylation is 2. The maximum atomic E-state index is 11.8. The minimum Gasteiger partial charge on any atom is -0.234 e. The average Bonchev–Trinajstić information content (AvgIpc) is 2.15. The predicted molar refractivity (Wildman–Crippen MR) is 71.4 cm³/mol. The van der Waals surface area contributed by atoms with Gasteiger partial charge in [-0.15, -0.1) is 0 Å². The van der Waals surface area contributed by atoms with E-state index in [9.17, 15) is 4.21 Å². The predicted octanol–water partition coefficient (Wildman–Crippen LogP) is 3.18. The molecule has 0 saturated carbocycles. The third kappa shape index (κ3) is 3.27. The van der Waals surface area contributed by atoms with Crippen molar-refractivity contribution in [2.75, 3.05) is 0 Å². The first-order chi connectivity index (χ1) is 7.32. The Morgan fingerprint density at radius 2 is 1.69 bits per heavy atom. The van der Waals surface area contributed by atoms with E-state index in [0.717, 1.165) is 16.7 Å². The summed E-state index contributed by atoms with van der Waals surface area (Å²) < 4.78 is 15.6. The van der Waals surface area contributed by atoms with Gasteiger partial charge in [-0.25, -0.2) is 4.21 Å². The van der Waals surface area contributed by atoms with Gasteiger partial charge in [0.1, 0.15) is 11.0 Å². The van der Waals surface area contributed by atoms with Crippen molar-refractivity contribution in [2.24, 2.45) is 4.40 Å². The Morgan fingerprint density at radius 1 is 1.19 bits per heavy atom. The topological polar surface area (TPSA) is 29.4 Å². The van der Waals surface area contributed by atoms with Crippen LogP contribution in [0.1, 0.15) is 37.5 Å². The number of rotatable bonds is 2. The molecule has 0 amide bonds. The minimum absolute atomic E-state index is 0.299. The molecule has 0 aromatic heterocycles. The highest BCUT2D eigenvalue weighted by Gasteiger charge is 2.18. The Bertz CT molecular complexity index is 410. The van der Waals surface area contributed by atoms with Crippen LogP contribution in [-0.4, -0.2) is 15.2 Å². The fourth-order valence-electron chi connectivity index (χ4n) is 1.29. The van der Waals surface area contributed by atoms with Crippen molar-refractivity contribution < 1.29 is 4.21 Å². The highest BCUT2D eigenvalue weighted by atomic mass is 32.2. The normalized spacial score (nSPS) is 14.3. The molecule has 0 heterocycles. The summed E-state index contributed by atoms with van der Waals surface area (Å²) in [5, 5.41) is 0. The van der Waals surface area contributed by atoms with Crippen molar-refractivity contribution in [1.29, 1.82) is 0 Å². The highest BCUT2D eigenvalue weighted by Crippen LogP contribution is 2.14. The van der Waals surface area contributed by atoms with E-state index in [1.165, 1.54) is 0 Å². The van der Waals surface area contributed by atoms with Crippen molar-refractivity contribution in [1.82, 2.24) is 0 Å². The molecule has 0 spiro atoms. The van der Waals surface area contributed by atoms with E-state index < -0.39 is 11.0 Å². The molecule has 0 saturated heterocycles. The summed E-state index contributed by atoms with van der Waals surface area (Å²) in [6.45, 7) is 9.84. The summed E-state index contributed by atoms with van der Waals surface area (Å²) in [7, 11) is -1.18. The molecule has 0 fully saturated rings. The van der Waals surface area contributed by atoms with Gasteiger partial charge in [0.05, 0.1) is 4.75 Å². The Morgan fingerprint density at radius 3 is 2.12 bits per heavy atom. The van der Waals surface area contributed by atoms with Crippen molar-refractivity contribution in [3.63, 3.8) is 0 Å².